The van der Waals surface area contributed by atoms with Crippen LogP contribution < -0.4 is 10.6 Å². The molecule has 0 bridgehead atoms. The summed E-state index contributed by atoms with van der Waals surface area (Å²) in [5.41, 5.74) is 2.89. The predicted molar refractivity (Wildman–Crippen MR) is 115 cm³/mol. The normalized spacial score (nSPS) is 10.5. The van der Waals surface area contributed by atoms with Gasteiger partial charge >= 0.3 is 0 Å². The third kappa shape index (κ3) is 4.58. The number of rotatable bonds is 4. The van der Waals surface area contributed by atoms with Gasteiger partial charge < -0.3 is 10.6 Å². The molecule has 0 saturated heterocycles. The van der Waals surface area contributed by atoms with Gasteiger partial charge in [0.25, 0.3) is 11.8 Å². The number of benzene rings is 2. The summed E-state index contributed by atoms with van der Waals surface area (Å²) in [7, 11) is 0. The lowest BCUT2D eigenvalue weighted by atomic mass is 10.2. The number of carbonyl (C=O) groups excluding carboxylic acids is 2. The van der Waals surface area contributed by atoms with Crippen molar-refractivity contribution >= 4 is 61.4 Å². The van der Waals surface area contributed by atoms with Crippen LogP contribution in [0.15, 0.2) is 53.0 Å². The average molecular weight is 464 g/mol. The van der Waals surface area contributed by atoms with Crippen molar-refractivity contribution in [3.63, 3.8) is 0 Å². The second-order valence-corrected chi connectivity index (χ2v) is 8.35. The molecule has 2 aromatic carbocycles. The van der Waals surface area contributed by atoms with Crippen molar-refractivity contribution < 1.29 is 9.59 Å². The lowest BCUT2D eigenvalue weighted by Gasteiger charge is -2.08. The van der Waals surface area contributed by atoms with Gasteiger partial charge in [0.2, 0.25) is 0 Å². The average Bonchev–Trinajstić information content (AvgIpc) is 2.98. The Morgan fingerprint density at radius 1 is 0.963 bits per heavy atom. The van der Waals surface area contributed by atoms with E-state index in [0.717, 1.165) is 21.3 Å². The molecule has 0 radical (unpaired) electrons. The van der Waals surface area contributed by atoms with E-state index >= 15 is 0 Å². The van der Waals surface area contributed by atoms with Crippen LogP contribution in [0.5, 0.6) is 0 Å². The van der Waals surface area contributed by atoms with Gasteiger partial charge in [0.05, 0.1) is 20.5 Å². The van der Waals surface area contributed by atoms with Crippen molar-refractivity contribution in [3.05, 3.63) is 79.6 Å². The Balaban J connectivity index is 1.77. The van der Waals surface area contributed by atoms with Crippen LogP contribution in [-0.2, 0) is 0 Å². The lowest BCUT2D eigenvalue weighted by Crippen LogP contribution is -2.12. The predicted octanol–water partition coefficient (Wildman–Crippen LogP) is 6.29. The number of nitrogens with one attached hydrogen (secondary N) is 2. The second kappa shape index (κ2) is 8.25. The van der Waals surface area contributed by atoms with Crippen LogP contribution in [-0.4, -0.2) is 11.8 Å². The minimum absolute atomic E-state index is 0.207. The topological polar surface area (TPSA) is 58.2 Å². The summed E-state index contributed by atoms with van der Waals surface area (Å²) in [6.07, 6.45) is 0. The first-order chi connectivity index (χ1) is 12.8. The van der Waals surface area contributed by atoms with Gasteiger partial charge in [-0.1, -0.05) is 39.7 Å². The number of aryl methyl sites for hydroxylation is 2. The fourth-order valence-electron chi connectivity index (χ4n) is 2.54. The van der Waals surface area contributed by atoms with Crippen LogP contribution in [0, 0.1) is 13.8 Å². The number of carbonyl (C=O) groups is 2. The van der Waals surface area contributed by atoms with E-state index in [1.54, 1.807) is 30.3 Å². The van der Waals surface area contributed by atoms with Gasteiger partial charge in [-0.3, -0.25) is 9.59 Å². The first-order valence-electron chi connectivity index (χ1n) is 8.09. The van der Waals surface area contributed by atoms with E-state index in [9.17, 15) is 9.59 Å². The van der Waals surface area contributed by atoms with E-state index in [4.69, 9.17) is 11.6 Å². The Labute approximate surface area is 174 Å². The number of hydrogen-bond acceptors (Lipinski definition) is 3. The van der Waals surface area contributed by atoms with E-state index in [2.05, 4.69) is 26.6 Å². The fourth-order valence-corrected chi connectivity index (χ4v) is 4.20. The number of thiophene rings is 1. The summed E-state index contributed by atoms with van der Waals surface area (Å²) in [6, 6.07) is 14.3. The molecule has 138 valence electrons. The molecule has 0 aliphatic heterocycles. The molecular weight excluding hydrogens is 448 g/mol. The Bertz CT molecular complexity index is 1030. The molecule has 2 N–H and O–H groups in total. The highest BCUT2D eigenvalue weighted by Crippen LogP contribution is 2.29. The molecule has 0 spiro atoms. The van der Waals surface area contributed by atoms with Gasteiger partial charge in [0.15, 0.2) is 0 Å². The molecule has 1 aromatic heterocycles. The number of amides is 2. The number of halogens is 2. The molecule has 3 rings (SSSR count). The molecule has 0 aliphatic carbocycles. The molecular formula is C20H16BrClN2O2S. The number of anilines is 2. The third-order valence-electron chi connectivity index (χ3n) is 3.92. The summed E-state index contributed by atoms with van der Waals surface area (Å²) >= 11 is 10.7. The molecule has 2 amide bonds. The maximum atomic E-state index is 12.6. The molecule has 7 heteroatoms. The van der Waals surface area contributed by atoms with Gasteiger partial charge in [-0.15, -0.1) is 11.3 Å². The standard InChI is InChI=1S/C20H16BrClN2O2S/c1-11-9-13(21)7-8-16(11)23-20(26)18-12(2)10-17(27-18)24-19(25)14-5-3-4-6-15(14)22/h3-10H,1-2H3,(H,23,26)(H,24,25). The van der Waals surface area contributed by atoms with E-state index in [0.29, 0.717) is 20.5 Å². The molecule has 0 saturated carbocycles. The van der Waals surface area contributed by atoms with E-state index in [-0.39, 0.29) is 11.8 Å². The summed E-state index contributed by atoms with van der Waals surface area (Å²) in [4.78, 5) is 25.6. The van der Waals surface area contributed by atoms with Gasteiger partial charge in [-0.25, -0.2) is 0 Å². The van der Waals surface area contributed by atoms with Crippen LogP contribution in [0.25, 0.3) is 0 Å². The van der Waals surface area contributed by atoms with Crippen molar-refractivity contribution in [1.82, 2.24) is 0 Å². The highest BCUT2D eigenvalue weighted by atomic mass is 79.9. The minimum atomic E-state index is -0.308. The molecule has 0 aliphatic rings. The SMILES string of the molecule is Cc1cc(Br)ccc1NC(=O)c1sc(NC(=O)c2ccccc2Cl)cc1C. The quantitative estimate of drug-likeness (QED) is 0.478. The Morgan fingerprint density at radius 3 is 2.41 bits per heavy atom. The molecule has 4 nitrogen and oxygen atoms in total. The van der Waals surface area contributed by atoms with Crippen molar-refractivity contribution in [3.8, 4) is 0 Å². The molecule has 0 atom stereocenters. The van der Waals surface area contributed by atoms with Crippen molar-refractivity contribution in [2.75, 3.05) is 10.6 Å². The fraction of sp³-hybridized carbons (Fsp3) is 0.100. The van der Waals surface area contributed by atoms with Crippen LogP contribution in [0.1, 0.15) is 31.2 Å². The summed E-state index contributed by atoms with van der Waals surface area (Å²) in [5.74, 6) is -0.515. The zero-order valence-electron chi connectivity index (χ0n) is 14.6. The highest BCUT2D eigenvalue weighted by molar-refractivity contribution is 9.10. The van der Waals surface area contributed by atoms with Crippen molar-refractivity contribution in [1.29, 1.82) is 0 Å². The third-order valence-corrected chi connectivity index (χ3v) is 5.89. The smallest absolute Gasteiger partial charge is 0.266 e. The van der Waals surface area contributed by atoms with Crippen LogP contribution in [0.2, 0.25) is 5.02 Å². The van der Waals surface area contributed by atoms with Gasteiger partial charge in [0, 0.05) is 10.2 Å². The Hall–Kier alpha value is -2.15. The summed E-state index contributed by atoms with van der Waals surface area (Å²) < 4.78 is 0.954. The van der Waals surface area contributed by atoms with Crippen molar-refractivity contribution in [2.24, 2.45) is 0 Å². The lowest BCUT2D eigenvalue weighted by molar-refractivity contribution is 0.102. The molecule has 27 heavy (non-hydrogen) atoms. The van der Waals surface area contributed by atoms with Crippen LogP contribution in [0.3, 0.4) is 0 Å². The van der Waals surface area contributed by atoms with E-state index < -0.39 is 0 Å². The monoisotopic (exact) mass is 462 g/mol. The van der Waals surface area contributed by atoms with Gasteiger partial charge in [-0.05, 0) is 61.4 Å². The zero-order chi connectivity index (χ0) is 19.6. The van der Waals surface area contributed by atoms with Gasteiger partial charge in [0.1, 0.15) is 0 Å². The molecule has 3 aromatic rings. The highest BCUT2D eigenvalue weighted by Gasteiger charge is 2.17. The molecule has 0 fully saturated rings. The first kappa shape index (κ1) is 19.6. The van der Waals surface area contributed by atoms with Crippen LogP contribution in [0.4, 0.5) is 10.7 Å². The van der Waals surface area contributed by atoms with Gasteiger partial charge in [-0.2, -0.15) is 0 Å². The zero-order valence-corrected chi connectivity index (χ0v) is 17.8. The Morgan fingerprint density at radius 2 is 1.70 bits per heavy atom. The Kier molecular flexibility index (Phi) is 5.99. The summed E-state index contributed by atoms with van der Waals surface area (Å²) in [6.45, 7) is 3.77. The molecule has 0 unspecified atom stereocenters. The largest absolute Gasteiger partial charge is 0.321 e. The second-order valence-electron chi connectivity index (χ2n) is 5.97. The van der Waals surface area contributed by atoms with E-state index in [1.807, 2.05) is 32.0 Å². The minimum Gasteiger partial charge on any atom is -0.321 e. The first-order valence-corrected chi connectivity index (χ1v) is 10.1. The maximum absolute atomic E-state index is 12.6. The van der Waals surface area contributed by atoms with E-state index in [1.165, 1.54) is 11.3 Å². The number of hydrogen-bond donors (Lipinski definition) is 2. The maximum Gasteiger partial charge on any atom is 0.266 e. The summed E-state index contributed by atoms with van der Waals surface area (Å²) in [5, 5.41) is 6.70. The van der Waals surface area contributed by atoms with Crippen LogP contribution >= 0.6 is 38.9 Å². The molecule has 1 heterocycles. The van der Waals surface area contributed by atoms with Crippen molar-refractivity contribution in [2.45, 2.75) is 13.8 Å².